The molecule has 0 bridgehead atoms. The summed E-state index contributed by atoms with van der Waals surface area (Å²) < 4.78 is 9.81. The highest BCUT2D eigenvalue weighted by atomic mass is 16.5. The van der Waals surface area contributed by atoms with E-state index in [2.05, 4.69) is 5.32 Å². The summed E-state index contributed by atoms with van der Waals surface area (Å²) in [5.74, 6) is 0. The Labute approximate surface area is 109 Å². The first-order chi connectivity index (χ1) is 8.32. The third-order valence-electron chi connectivity index (χ3n) is 1.88. The number of methoxy groups -OCH3 is 1. The van der Waals surface area contributed by atoms with Gasteiger partial charge in [-0.2, -0.15) is 0 Å². The lowest BCUT2D eigenvalue weighted by atomic mass is 10.2. The number of aliphatic hydroxyl groups is 1. The molecular weight excluding hydrogens is 238 g/mol. The minimum Gasteiger partial charge on any atom is -0.382 e. The van der Waals surface area contributed by atoms with Crippen molar-refractivity contribution in [3.05, 3.63) is 0 Å². The number of likely N-dealkylation sites (N-methyl/N-ethyl adjacent to an activating group) is 1. The summed E-state index contributed by atoms with van der Waals surface area (Å²) in [7, 11) is 3.44. The lowest BCUT2D eigenvalue weighted by Crippen LogP contribution is -2.33. The molecule has 0 aliphatic rings. The summed E-state index contributed by atoms with van der Waals surface area (Å²) in [6.45, 7) is 6.91. The molecule has 2 N–H and O–H groups in total. The molecule has 0 aromatic heterocycles. The first kappa shape index (κ1) is 19.5. The minimum absolute atomic E-state index is 0.0417. The molecule has 0 saturated heterocycles. The highest BCUT2D eigenvalue weighted by molar-refractivity contribution is 5.68. The Morgan fingerprint density at radius 2 is 1.78 bits per heavy atom. The second kappa shape index (κ2) is 11.3. The van der Waals surface area contributed by atoms with Gasteiger partial charge in [0, 0.05) is 13.7 Å². The van der Waals surface area contributed by atoms with Gasteiger partial charge in [-0.15, -0.1) is 0 Å². The van der Waals surface area contributed by atoms with Crippen LogP contribution in [0.1, 0.15) is 20.8 Å². The summed E-state index contributed by atoms with van der Waals surface area (Å²) in [6, 6.07) is 0. The summed E-state index contributed by atoms with van der Waals surface area (Å²) in [6.07, 6.45) is -1.72. The first-order valence-corrected chi connectivity index (χ1v) is 5.72. The number of aliphatic hydroxyl groups excluding tert-OH is 1. The van der Waals surface area contributed by atoms with Crippen LogP contribution in [0.3, 0.4) is 0 Å². The third-order valence-corrected chi connectivity index (χ3v) is 1.88. The van der Waals surface area contributed by atoms with Gasteiger partial charge in [0.05, 0.1) is 12.2 Å². The van der Waals surface area contributed by atoms with Crippen LogP contribution < -0.4 is 5.32 Å². The van der Waals surface area contributed by atoms with E-state index in [9.17, 15) is 9.59 Å². The van der Waals surface area contributed by atoms with E-state index < -0.39 is 12.2 Å². The van der Waals surface area contributed by atoms with Gasteiger partial charge in [0.25, 0.3) is 0 Å². The van der Waals surface area contributed by atoms with Crippen molar-refractivity contribution in [3.8, 4) is 0 Å². The van der Waals surface area contributed by atoms with Gasteiger partial charge in [0.15, 0.2) is 12.6 Å². The van der Waals surface area contributed by atoms with Crippen molar-refractivity contribution in [2.75, 3.05) is 27.3 Å². The number of rotatable bonds is 7. The van der Waals surface area contributed by atoms with Crippen LogP contribution in [0.25, 0.3) is 0 Å². The monoisotopic (exact) mass is 263 g/mol. The second-order valence-electron chi connectivity index (χ2n) is 4.52. The van der Waals surface area contributed by atoms with E-state index in [1.54, 1.807) is 14.2 Å². The maximum Gasteiger partial charge on any atom is 0.151 e. The molecule has 108 valence electrons. The van der Waals surface area contributed by atoms with Crippen LogP contribution in [0.4, 0.5) is 0 Å². The lowest BCUT2D eigenvalue weighted by Gasteiger charge is -2.14. The Morgan fingerprint density at radius 1 is 1.28 bits per heavy atom. The maximum absolute atomic E-state index is 10.2. The Hall–Kier alpha value is -0.820. The zero-order valence-corrected chi connectivity index (χ0v) is 11.8. The molecule has 0 saturated carbocycles. The molecular formula is C12H25NO5. The molecule has 0 amide bonds. The molecule has 6 heteroatoms. The Bertz CT molecular complexity index is 215. The Kier molecular flexibility index (Phi) is 12.2. The highest BCUT2D eigenvalue weighted by Gasteiger charge is 2.17. The van der Waals surface area contributed by atoms with Crippen molar-refractivity contribution < 1.29 is 24.2 Å². The second-order valence-corrected chi connectivity index (χ2v) is 4.52. The molecule has 6 nitrogen and oxygen atoms in total. The SMILES string of the molecule is CNCCO[C@@H](C=O)C(O)C=O.COC(C)(C)C. The average Bonchev–Trinajstić information content (AvgIpc) is 2.34. The molecule has 0 radical (unpaired) electrons. The van der Waals surface area contributed by atoms with Crippen LogP contribution in [-0.2, 0) is 19.1 Å². The van der Waals surface area contributed by atoms with Crippen LogP contribution in [0.5, 0.6) is 0 Å². The fourth-order valence-electron chi connectivity index (χ4n) is 0.593. The van der Waals surface area contributed by atoms with E-state index in [1.165, 1.54) is 0 Å². The number of nitrogens with one attached hydrogen (secondary N) is 1. The van der Waals surface area contributed by atoms with Crippen LogP contribution in [0, 0.1) is 0 Å². The Morgan fingerprint density at radius 3 is 2.06 bits per heavy atom. The van der Waals surface area contributed by atoms with E-state index in [0.29, 0.717) is 12.8 Å². The minimum atomic E-state index is -1.36. The zero-order chi connectivity index (χ0) is 14.6. The predicted molar refractivity (Wildman–Crippen MR) is 68.6 cm³/mol. The van der Waals surface area contributed by atoms with Gasteiger partial charge in [-0.05, 0) is 27.8 Å². The van der Waals surface area contributed by atoms with Gasteiger partial charge in [-0.1, -0.05) is 0 Å². The number of hydrogen-bond donors (Lipinski definition) is 2. The van der Waals surface area contributed by atoms with Crippen LogP contribution in [-0.4, -0.2) is 62.8 Å². The van der Waals surface area contributed by atoms with Crippen molar-refractivity contribution in [1.82, 2.24) is 5.32 Å². The molecule has 18 heavy (non-hydrogen) atoms. The van der Waals surface area contributed by atoms with E-state index in [4.69, 9.17) is 14.6 Å². The smallest absolute Gasteiger partial charge is 0.151 e. The van der Waals surface area contributed by atoms with Crippen molar-refractivity contribution >= 4 is 12.6 Å². The van der Waals surface area contributed by atoms with Crippen molar-refractivity contribution in [1.29, 1.82) is 0 Å². The molecule has 2 atom stereocenters. The quantitative estimate of drug-likeness (QED) is 0.488. The lowest BCUT2D eigenvalue weighted by molar-refractivity contribution is -0.134. The van der Waals surface area contributed by atoms with Crippen molar-refractivity contribution in [2.24, 2.45) is 0 Å². The number of ether oxygens (including phenoxy) is 2. The summed E-state index contributed by atoms with van der Waals surface area (Å²) >= 11 is 0. The van der Waals surface area contributed by atoms with Gasteiger partial charge in [0.1, 0.15) is 12.2 Å². The van der Waals surface area contributed by atoms with Gasteiger partial charge < -0.3 is 29.5 Å². The molecule has 0 fully saturated rings. The van der Waals surface area contributed by atoms with Crippen molar-refractivity contribution in [2.45, 2.75) is 38.6 Å². The van der Waals surface area contributed by atoms with E-state index in [0.717, 1.165) is 0 Å². The van der Waals surface area contributed by atoms with E-state index >= 15 is 0 Å². The molecule has 0 aliphatic heterocycles. The summed E-state index contributed by atoms with van der Waals surface area (Å²) in [5, 5.41) is 11.7. The molecule has 0 rings (SSSR count). The van der Waals surface area contributed by atoms with Crippen LogP contribution in [0.15, 0.2) is 0 Å². The van der Waals surface area contributed by atoms with E-state index in [1.807, 2.05) is 20.8 Å². The average molecular weight is 263 g/mol. The first-order valence-electron chi connectivity index (χ1n) is 5.72. The fraction of sp³-hybridized carbons (Fsp3) is 0.833. The topological polar surface area (TPSA) is 84.9 Å². The normalized spacial score (nSPS) is 14.1. The van der Waals surface area contributed by atoms with Gasteiger partial charge in [-0.25, -0.2) is 0 Å². The Balaban J connectivity index is 0. The van der Waals surface area contributed by atoms with Crippen LogP contribution >= 0.6 is 0 Å². The standard InChI is InChI=1S/C7H13NO4.C5H12O/c1-8-2-3-12-7(5-10)6(11)4-9;1-5(2,3)6-4/h4-8,11H,2-3H2,1H3;1-4H3/t6?,7-;/m0./s1. The fourth-order valence-corrected chi connectivity index (χ4v) is 0.593. The third kappa shape index (κ3) is 13.2. The summed E-state index contributed by atoms with van der Waals surface area (Å²) in [4.78, 5) is 20.3. The van der Waals surface area contributed by atoms with Crippen LogP contribution in [0.2, 0.25) is 0 Å². The summed E-state index contributed by atoms with van der Waals surface area (Å²) in [5.41, 5.74) is 0.0417. The van der Waals surface area contributed by atoms with E-state index in [-0.39, 0.29) is 18.5 Å². The number of aldehydes is 2. The number of carbonyl (C=O) groups excluding carboxylic acids is 2. The molecule has 1 unspecified atom stereocenters. The highest BCUT2D eigenvalue weighted by Crippen LogP contribution is 2.02. The van der Waals surface area contributed by atoms with Crippen molar-refractivity contribution in [3.63, 3.8) is 0 Å². The number of carbonyl (C=O) groups is 2. The van der Waals surface area contributed by atoms with Gasteiger partial charge in [-0.3, -0.25) is 0 Å². The number of hydrogen-bond acceptors (Lipinski definition) is 6. The molecule has 0 aromatic rings. The molecule has 0 heterocycles. The molecule has 0 aliphatic carbocycles. The largest absolute Gasteiger partial charge is 0.382 e. The molecule has 0 spiro atoms. The molecule has 0 aromatic carbocycles. The zero-order valence-electron chi connectivity index (χ0n) is 11.8. The van der Waals surface area contributed by atoms with Gasteiger partial charge in [0.2, 0.25) is 0 Å². The maximum atomic E-state index is 10.2. The van der Waals surface area contributed by atoms with Gasteiger partial charge >= 0.3 is 0 Å². The predicted octanol–water partition coefficient (Wildman–Crippen LogP) is -0.219.